The molecule has 31 heavy (non-hydrogen) atoms. The summed E-state index contributed by atoms with van der Waals surface area (Å²) in [5.41, 5.74) is 4.87. The normalized spacial score (nSPS) is 10.7. The minimum atomic E-state index is -0.346. The number of amides is 2. The maximum absolute atomic E-state index is 12.0. The molecule has 0 aromatic heterocycles. The fraction of sp³-hybridized carbons (Fsp3) is 0.348. The molecule has 0 saturated heterocycles. The summed E-state index contributed by atoms with van der Waals surface area (Å²) in [5.74, 6) is 0.644. The van der Waals surface area contributed by atoms with E-state index in [1.54, 1.807) is 13.2 Å². The third-order valence-corrected chi connectivity index (χ3v) is 4.99. The molecule has 0 atom stereocenters. The van der Waals surface area contributed by atoms with Crippen LogP contribution in [0.2, 0.25) is 0 Å². The highest BCUT2D eigenvalue weighted by Crippen LogP contribution is 2.36. The van der Waals surface area contributed by atoms with Gasteiger partial charge in [0.05, 0.1) is 24.4 Å². The largest absolute Gasteiger partial charge is 0.493 e. The molecule has 0 aliphatic rings. The first-order valence-corrected chi connectivity index (χ1v) is 10.9. The van der Waals surface area contributed by atoms with Gasteiger partial charge in [0, 0.05) is 18.5 Å². The van der Waals surface area contributed by atoms with E-state index >= 15 is 0 Å². The van der Waals surface area contributed by atoms with E-state index in [2.05, 4.69) is 38.7 Å². The lowest BCUT2D eigenvalue weighted by Crippen LogP contribution is -2.20. The number of hydrazone groups is 1. The smallest absolute Gasteiger partial charge is 0.240 e. The Bertz CT molecular complexity index is 931. The summed E-state index contributed by atoms with van der Waals surface area (Å²) in [7, 11) is 1.57. The van der Waals surface area contributed by atoms with Gasteiger partial charge in [-0.1, -0.05) is 31.5 Å². The van der Waals surface area contributed by atoms with E-state index in [1.165, 1.54) is 6.21 Å². The molecule has 0 aliphatic heterocycles. The number of benzene rings is 2. The summed E-state index contributed by atoms with van der Waals surface area (Å²) in [5, 5.41) is 6.77. The number of unbranched alkanes of at least 4 members (excludes halogenated alkanes) is 1. The second-order valence-electron chi connectivity index (χ2n) is 6.89. The Balaban J connectivity index is 1.85. The van der Waals surface area contributed by atoms with E-state index in [1.807, 2.05) is 37.3 Å². The van der Waals surface area contributed by atoms with Crippen LogP contribution in [0.1, 0.15) is 43.7 Å². The van der Waals surface area contributed by atoms with Crippen LogP contribution in [-0.4, -0.2) is 31.7 Å². The fourth-order valence-corrected chi connectivity index (χ4v) is 3.23. The molecular weight excluding hydrogens is 462 g/mol. The summed E-state index contributed by atoms with van der Waals surface area (Å²) in [6.07, 6.45) is 3.60. The van der Waals surface area contributed by atoms with Crippen molar-refractivity contribution in [1.29, 1.82) is 0 Å². The number of carbonyl (C=O) groups is 2. The number of ether oxygens (including phenoxy) is 2. The van der Waals surface area contributed by atoms with Gasteiger partial charge in [0.2, 0.25) is 11.8 Å². The predicted octanol–water partition coefficient (Wildman–Crippen LogP) is 4.81. The van der Waals surface area contributed by atoms with Gasteiger partial charge in [0.15, 0.2) is 11.5 Å². The van der Waals surface area contributed by atoms with Crippen LogP contribution in [0.25, 0.3) is 0 Å². The zero-order valence-electron chi connectivity index (χ0n) is 18.0. The van der Waals surface area contributed by atoms with Crippen molar-refractivity contribution in [1.82, 2.24) is 5.43 Å². The molecule has 7 nitrogen and oxygen atoms in total. The van der Waals surface area contributed by atoms with Crippen molar-refractivity contribution in [3.63, 3.8) is 0 Å². The van der Waals surface area contributed by atoms with Crippen molar-refractivity contribution in [2.24, 2.45) is 5.10 Å². The SMILES string of the molecule is CCCCOc1c(Br)cc(C=NNC(=O)CCC(=O)Nc2ccccc2C)cc1OC. The van der Waals surface area contributed by atoms with Gasteiger partial charge >= 0.3 is 0 Å². The van der Waals surface area contributed by atoms with Crippen LogP contribution in [-0.2, 0) is 9.59 Å². The molecule has 2 N–H and O–H groups in total. The molecular formula is C23H28BrN3O4. The monoisotopic (exact) mass is 489 g/mol. The van der Waals surface area contributed by atoms with Crippen LogP contribution in [0.4, 0.5) is 5.69 Å². The standard InChI is InChI=1S/C23H28BrN3O4/c1-4-5-12-31-23-18(24)13-17(14-20(23)30-3)15-25-27-22(29)11-10-21(28)26-19-9-7-6-8-16(19)2/h6-9,13-15H,4-5,10-12H2,1-3H3,(H,26,28)(H,27,29). The predicted molar refractivity (Wildman–Crippen MR) is 126 cm³/mol. The number of halogens is 1. The van der Waals surface area contributed by atoms with Crippen molar-refractivity contribution in [2.75, 3.05) is 19.0 Å². The topological polar surface area (TPSA) is 89.0 Å². The highest BCUT2D eigenvalue weighted by molar-refractivity contribution is 9.10. The molecule has 0 aliphatic carbocycles. The second kappa shape index (κ2) is 12.7. The Kier molecular flexibility index (Phi) is 10.0. The number of nitrogens with zero attached hydrogens (tertiary/aromatic N) is 1. The number of hydrogen-bond acceptors (Lipinski definition) is 5. The number of anilines is 1. The molecule has 2 rings (SSSR count). The van der Waals surface area contributed by atoms with Crippen LogP contribution < -0.4 is 20.2 Å². The summed E-state index contributed by atoms with van der Waals surface area (Å²) in [4.78, 5) is 24.0. The lowest BCUT2D eigenvalue weighted by molar-refractivity contribution is -0.124. The summed E-state index contributed by atoms with van der Waals surface area (Å²) < 4.78 is 11.9. The van der Waals surface area contributed by atoms with E-state index in [9.17, 15) is 9.59 Å². The Morgan fingerprint density at radius 3 is 2.61 bits per heavy atom. The van der Waals surface area contributed by atoms with Gasteiger partial charge in [-0.05, 0) is 58.6 Å². The molecule has 0 spiro atoms. The Hall–Kier alpha value is -2.87. The average Bonchev–Trinajstić information content (AvgIpc) is 2.75. The number of rotatable bonds is 11. The zero-order valence-corrected chi connectivity index (χ0v) is 19.6. The van der Waals surface area contributed by atoms with Gasteiger partial charge in [0.25, 0.3) is 0 Å². The molecule has 0 unspecified atom stereocenters. The highest BCUT2D eigenvalue weighted by Gasteiger charge is 2.11. The van der Waals surface area contributed by atoms with E-state index in [4.69, 9.17) is 9.47 Å². The molecule has 2 amide bonds. The van der Waals surface area contributed by atoms with Crippen molar-refractivity contribution < 1.29 is 19.1 Å². The van der Waals surface area contributed by atoms with Gasteiger partial charge < -0.3 is 14.8 Å². The molecule has 0 radical (unpaired) electrons. The Labute approximate surface area is 191 Å². The molecule has 2 aromatic rings. The van der Waals surface area contributed by atoms with Crippen LogP contribution in [0.15, 0.2) is 46.0 Å². The zero-order chi connectivity index (χ0) is 22.6. The number of para-hydroxylation sites is 1. The number of aryl methyl sites for hydroxylation is 1. The van der Waals surface area contributed by atoms with Crippen molar-refractivity contribution in [3.8, 4) is 11.5 Å². The van der Waals surface area contributed by atoms with Gasteiger partial charge in [-0.15, -0.1) is 0 Å². The Morgan fingerprint density at radius 2 is 1.90 bits per heavy atom. The maximum Gasteiger partial charge on any atom is 0.240 e. The fourth-order valence-electron chi connectivity index (χ4n) is 2.66. The second-order valence-corrected chi connectivity index (χ2v) is 7.75. The van der Waals surface area contributed by atoms with Crippen LogP contribution in [0, 0.1) is 6.92 Å². The molecule has 2 aromatic carbocycles. The van der Waals surface area contributed by atoms with Crippen molar-refractivity contribution in [3.05, 3.63) is 52.0 Å². The van der Waals surface area contributed by atoms with Crippen LogP contribution in [0.5, 0.6) is 11.5 Å². The number of carbonyl (C=O) groups excluding carboxylic acids is 2. The number of nitrogens with one attached hydrogen (secondary N) is 2. The van der Waals surface area contributed by atoms with Crippen molar-refractivity contribution >= 4 is 39.6 Å². The van der Waals surface area contributed by atoms with E-state index in [0.29, 0.717) is 18.1 Å². The first kappa shape index (κ1) is 24.4. The summed E-state index contributed by atoms with van der Waals surface area (Å²) in [6, 6.07) is 11.1. The number of hydrogen-bond donors (Lipinski definition) is 2. The molecule has 0 bridgehead atoms. The van der Waals surface area contributed by atoms with Crippen LogP contribution in [0.3, 0.4) is 0 Å². The molecule has 0 saturated carbocycles. The summed E-state index contributed by atoms with van der Waals surface area (Å²) >= 11 is 3.49. The van der Waals surface area contributed by atoms with E-state index in [-0.39, 0.29) is 24.7 Å². The first-order chi connectivity index (χ1) is 14.9. The highest BCUT2D eigenvalue weighted by atomic mass is 79.9. The van der Waals surface area contributed by atoms with Gasteiger partial charge in [0.1, 0.15) is 0 Å². The average molecular weight is 490 g/mol. The lowest BCUT2D eigenvalue weighted by Gasteiger charge is -2.13. The number of methoxy groups -OCH3 is 1. The first-order valence-electron chi connectivity index (χ1n) is 10.1. The van der Waals surface area contributed by atoms with E-state index < -0.39 is 0 Å². The lowest BCUT2D eigenvalue weighted by atomic mass is 10.2. The molecule has 8 heteroatoms. The van der Waals surface area contributed by atoms with Crippen molar-refractivity contribution in [2.45, 2.75) is 39.5 Å². The van der Waals surface area contributed by atoms with Gasteiger partial charge in [-0.3, -0.25) is 9.59 Å². The van der Waals surface area contributed by atoms with E-state index in [0.717, 1.165) is 34.1 Å². The molecule has 166 valence electrons. The minimum absolute atomic E-state index is 0.0340. The quantitative estimate of drug-likeness (QED) is 0.269. The van der Waals surface area contributed by atoms with Gasteiger partial charge in [-0.2, -0.15) is 5.10 Å². The maximum atomic E-state index is 12.0. The summed E-state index contributed by atoms with van der Waals surface area (Å²) in [6.45, 7) is 4.61. The Morgan fingerprint density at radius 1 is 1.16 bits per heavy atom. The third-order valence-electron chi connectivity index (χ3n) is 4.40. The molecule has 0 fully saturated rings. The minimum Gasteiger partial charge on any atom is -0.493 e. The van der Waals surface area contributed by atoms with Crippen LogP contribution >= 0.6 is 15.9 Å². The van der Waals surface area contributed by atoms with Gasteiger partial charge in [-0.25, -0.2) is 5.43 Å². The third kappa shape index (κ3) is 8.05. The molecule has 0 heterocycles.